The van der Waals surface area contributed by atoms with E-state index in [0.29, 0.717) is 5.56 Å². The summed E-state index contributed by atoms with van der Waals surface area (Å²) in [6.07, 6.45) is 0. The molecule has 0 saturated heterocycles. The van der Waals surface area contributed by atoms with Gasteiger partial charge >= 0.3 is 0 Å². The van der Waals surface area contributed by atoms with Gasteiger partial charge in [-0.05, 0) is 42.0 Å². The van der Waals surface area contributed by atoms with E-state index in [0.717, 1.165) is 28.2 Å². The number of anilines is 3. The van der Waals surface area contributed by atoms with Gasteiger partial charge in [-0.15, -0.1) is 0 Å². The summed E-state index contributed by atoms with van der Waals surface area (Å²) in [5.41, 5.74) is 10.9. The predicted octanol–water partition coefficient (Wildman–Crippen LogP) is 5.92. The summed E-state index contributed by atoms with van der Waals surface area (Å²) in [5.74, 6) is -0.443. The Morgan fingerprint density at radius 3 is 1.61 bits per heavy atom. The van der Waals surface area contributed by atoms with Crippen molar-refractivity contribution in [2.45, 2.75) is 0 Å². The maximum atomic E-state index is 12.2. The highest BCUT2D eigenvalue weighted by Crippen LogP contribution is 2.41. The van der Waals surface area contributed by atoms with Crippen molar-refractivity contribution in [1.29, 1.82) is 0 Å². The monoisotopic (exact) mass is 364 g/mol. The summed E-state index contributed by atoms with van der Waals surface area (Å²) < 4.78 is 0. The van der Waals surface area contributed by atoms with E-state index < -0.39 is 5.91 Å². The Balaban J connectivity index is 2.02. The van der Waals surface area contributed by atoms with E-state index in [4.69, 9.17) is 5.73 Å². The molecule has 0 bridgehead atoms. The number of nitrogens with zero attached hydrogens (tertiary/aromatic N) is 1. The van der Waals surface area contributed by atoms with Crippen LogP contribution in [0.3, 0.4) is 0 Å². The minimum absolute atomic E-state index is 0.443. The first kappa shape index (κ1) is 17.6. The average Bonchev–Trinajstić information content (AvgIpc) is 2.76. The fourth-order valence-corrected chi connectivity index (χ4v) is 3.42. The maximum absolute atomic E-state index is 12.2. The molecule has 0 saturated carbocycles. The molecule has 4 aromatic carbocycles. The van der Waals surface area contributed by atoms with Crippen molar-refractivity contribution >= 4 is 23.0 Å². The maximum Gasteiger partial charge on any atom is 0.249 e. The SMILES string of the molecule is NC(=O)c1cccc(N(c2ccccc2)c2ccccc2)c1-c1ccccc1. The first-order chi connectivity index (χ1) is 13.8. The van der Waals surface area contributed by atoms with Crippen molar-refractivity contribution in [3.8, 4) is 11.1 Å². The Kier molecular flexibility index (Phi) is 4.89. The molecule has 136 valence electrons. The lowest BCUT2D eigenvalue weighted by molar-refractivity contribution is 0.100. The number of hydrogen-bond acceptors (Lipinski definition) is 2. The van der Waals surface area contributed by atoms with E-state index in [1.165, 1.54) is 0 Å². The lowest BCUT2D eigenvalue weighted by Gasteiger charge is -2.28. The Morgan fingerprint density at radius 1 is 0.607 bits per heavy atom. The van der Waals surface area contributed by atoms with E-state index in [-0.39, 0.29) is 0 Å². The van der Waals surface area contributed by atoms with Crippen LogP contribution < -0.4 is 10.6 Å². The Bertz CT molecular complexity index is 1040. The molecule has 4 rings (SSSR count). The number of amides is 1. The zero-order valence-electron chi connectivity index (χ0n) is 15.3. The van der Waals surface area contributed by atoms with E-state index in [1.54, 1.807) is 6.07 Å². The van der Waals surface area contributed by atoms with Gasteiger partial charge < -0.3 is 10.6 Å². The van der Waals surface area contributed by atoms with Gasteiger partial charge in [-0.1, -0.05) is 72.8 Å². The van der Waals surface area contributed by atoms with Gasteiger partial charge in [0.15, 0.2) is 0 Å². The molecule has 0 aliphatic rings. The topological polar surface area (TPSA) is 46.3 Å². The number of hydrogen-bond donors (Lipinski definition) is 1. The molecule has 0 aliphatic carbocycles. The molecule has 0 aromatic heterocycles. The minimum atomic E-state index is -0.443. The van der Waals surface area contributed by atoms with Crippen LogP contribution in [0.4, 0.5) is 17.1 Å². The summed E-state index contributed by atoms with van der Waals surface area (Å²) in [5, 5.41) is 0. The number of rotatable bonds is 5. The van der Waals surface area contributed by atoms with Gasteiger partial charge in [0.25, 0.3) is 0 Å². The molecular weight excluding hydrogens is 344 g/mol. The highest BCUT2D eigenvalue weighted by atomic mass is 16.1. The summed E-state index contributed by atoms with van der Waals surface area (Å²) >= 11 is 0. The van der Waals surface area contributed by atoms with E-state index in [9.17, 15) is 4.79 Å². The molecule has 0 aliphatic heterocycles. The van der Waals surface area contributed by atoms with Crippen molar-refractivity contribution < 1.29 is 4.79 Å². The van der Waals surface area contributed by atoms with E-state index >= 15 is 0 Å². The molecule has 2 N–H and O–H groups in total. The second-order valence-corrected chi connectivity index (χ2v) is 6.44. The number of nitrogens with two attached hydrogens (primary N) is 1. The normalized spacial score (nSPS) is 10.4. The van der Waals surface area contributed by atoms with Crippen molar-refractivity contribution in [2.24, 2.45) is 5.73 Å². The van der Waals surface area contributed by atoms with E-state index in [1.807, 2.05) is 78.9 Å². The van der Waals surface area contributed by atoms with Gasteiger partial charge in [-0.25, -0.2) is 0 Å². The van der Waals surface area contributed by atoms with E-state index in [2.05, 4.69) is 29.2 Å². The second kappa shape index (κ2) is 7.80. The molecule has 28 heavy (non-hydrogen) atoms. The van der Waals surface area contributed by atoms with Crippen LogP contribution in [-0.4, -0.2) is 5.91 Å². The molecule has 1 amide bonds. The Morgan fingerprint density at radius 2 is 1.11 bits per heavy atom. The number of primary amides is 1. The third-order valence-corrected chi connectivity index (χ3v) is 4.64. The number of para-hydroxylation sites is 2. The molecule has 0 heterocycles. The highest BCUT2D eigenvalue weighted by Gasteiger charge is 2.21. The number of carbonyl (C=O) groups excluding carboxylic acids is 1. The first-order valence-corrected chi connectivity index (χ1v) is 9.14. The molecule has 0 atom stereocenters. The molecule has 4 aromatic rings. The molecule has 3 nitrogen and oxygen atoms in total. The molecule has 0 unspecified atom stereocenters. The van der Waals surface area contributed by atoms with Gasteiger partial charge in [0.05, 0.1) is 5.69 Å². The van der Waals surface area contributed by atoms with Gasteiger partial charge in [0, 0.05) is 22.5 Å². The largest absolute Gasteiger partial charge is 0.366 e. The van der Waals surface area contributed by atoms with Crippen molar-refractivity contribution in [2.75, 3.05) is 4.90 Å². The Labute approximate surface area is 164 Å². The summed E-state index contributed by atoms with van der Waals surface area (Å²) in [6.45, 7) is 0. The van der Waals surface area contributed by atoms with Gasteiger partial charge in [0.1, 0.15) is 0 Å². The molecule has 3 heteroatoms. The number of carbonyl (C=O) groups is 1. The van der Waals surface area contributed by atoms with Gasteiger partial charge in [-0.3, -0.25) is 4.79 Å². The first-order valence-electron chi connectivity index (χ1n) is 9.14. The van der Waals surface area contributed by atoms with Crippen molar-refractivity contribution in [1.82, 2.24) is 0 Å². The standard InChI is InChI=1S/C25H20N2O/c26-25(28)22-17-10-18-23(24(22)19-11-4-1-5-12-19)27(20-13-6-2-7-14-20)21-15-8-3-9-16-21/h1-18H,(H2,26,28). The third-order valence-electron chi connectivity index (χ3n) is 4.64. The van der Waals surface area contributed by atoms with Crippen LogP contribution in [0.1, 0.15) is 10.4 Å². The van der Waals surface area contributed by atoms with Crippen LogP contribution in [0, 0.1) is 0 Å². The molecule has 0 radical (unpaired) electrons. The lowest BCUT2D eigenvalue weighted by atomic mass is 9.96. The smallest absolute Gasteiger partial charge is 0.249 e. The fourth-order valence-electron chi connectivity index (χ4n) is 3.42. The van der Waals surface area contributed by atoms with Gasteiger partial charge in [-0.2, -0.15) is 0 Å². The average molecular weight is 364 g/mol. The van der Waals surface area contributed by atoms with Crippen LogP contribution in [0.2, 0.25) is 0 Å². The number of benzene rings is 4. The molecule has 0 spiro atoms. The third kappa shape index (κ3) is 3.38. The van der Waals surface area contributed by atoms with Gasteiger partial charge in [0.2, 0.25) is 5.91 Å². The van der Waals surface area contributed by atoms with Crippen LogP contribution in [0.25, 0.3) is 11.1 Å². The summed E-state index contributed by atoms with van der Waals surface area (Å²) in [4.78, 5) is 14.4. The molecule has 0 fully saturated rings. The highest BCUT2D eigenvalue weighted by molar-refractivity contribution is 6.04. The van der Waals surface area contributed by atoms with Crippen LogP contribution in [0.15, 0.2) is 109 Å². The predicted molar refractivity (Wildman–Crippen MR) is 115 cm³/mol. The zero-order chi connectivity index (χ0) is 19.3. The minimum Gasteiger partial charge on any atom is -0.366 e. The van der Waals surface area contributed by atoms with Crippen LogP contribution in [0.5, 0.6) is 0 Å². The summed E-state index contributed by atoms with van der Waals surface area (Å²) in [7, 11) is 0. The zero-order valence-corrected chi connectivity index (χ0v) is 15.3. The quantitative estimate of drug-likeness (QED) is 0.477. The molecular formula is C25H20N2O. The van der Waals surface area contributed by atoms with Crippen LogP contribution in [-0.2, 0) is 0 Å². The van der Waals surface area contributed by atoms with Crippen LogP contribution >= 0.6 is 0 Å². The van der Waals surface area contributed by atoms with Crippen molar-refractivity contribution in [3.63, 3.8) is 0 Å². The lowest BCUT2D eigenvalue weighted by Crippen LogP contribution is -2.16. The second-order valence-electron chi connectivity index (χ2n) is 6.44. The van der Waals surface area contributed by atoms with Crippen molar-refractivity contribution in [3.05, 3.63) is 115 Å². The Hall–Kier alpha value is -3.85. The summed E-state index contributed by atoms with van der Waals surface area (Å²) in [6, 6.07) is 35.8. The fraction of sp³-hybridized carbons (Fsp3) is 0.